The molecule has 1 unspecified atom stereocenters. The maximum Gasteiger partial charge on any atom is 0.171 e. The quantitative estimate of drug-likeness (QED) is 0.570. The fourth-order valence-corrected chi connectivity index (χ4v) is 3.60. The number of fused-ring (bicyclic) bond motifs is 2. The lowest BCUT2D eigenvalue weighted by atomic mass is 9.87. The topological polar surface area (TPSA) is 79.0 Å². The van der Waals surface area contributed by atoms with Crippen LogP contribution >= 0.6 is 0 Å². The molecular weight excluding hydrogens is 340 g/mol. The molecule has 3 aromatic rings. The molecule has 2 aromatic heterocycles. The molecule has 1 aliphatic heterocycles. The molecule has 1 N–H and O–H groups in total. The molecule has 0 fully saturated rings. The van der Waals surface area contributed by atoms with Crippen LogP contribution in [0.4, 0.5) is 5.82 Å². The first-order valence-corrected chi connectivity index (χ1v) is 9.09. The molecule has 0 saturated carbocycles. The number of aldehydes is 1. The lowest BCUT2D eigenvalue weighted by molar-refractivity contribution is -0.109. The van der Waals surface area contributed by atoms with Gasteiger partial charge >= 0.3 is 0 Å². The lowest BCUT2D eigenvalue weighted by Crippen LogP contribution is -2.37. The summed E-state index contributed by atoms with van der Waals surface area (Å²) >= 11 is 0. The minimum atomic E-state index is -0.512. The molecule has 0 radical (unpaired) electrons. The van der Waals surface area contributed by atoms with Gasteiger partial charge in [-0.1, -0.05) is 45.0 Å². The molecule has 138 valence electrons. The van der Waals surface area contributed by atoms with Gasteiger partial charge in [-0.15, -0.1) is 0 Å². The Balaban J connectivity index is 1.78. The highest BCUT2D eigenvalue weighted by Crippen LogP contribution is 2.33. The van der Waals surface area contributed by atoms with Crippen LogP contribution in [0.25, 0.3) is 11.2 Å². The van der Waals surface area contributed by atoms with Gasteiger partial charge in [0.15, 0.2) is 11.4 Å². The summed E-state index contributed by atoms with van der Waals surface area (Å²) in [6.07, 6.45) is 5.11. The Morgan fingerprint density at radius 1 is 1.30 bits per heavy atom. The van der Waals surface area contributed by atoms with Gasteiger partial charge < -0.3 is 14.7 Å². The average molecular weight is 362 g/mol. The van der Waals surface area contributed by atoms with Crippen molar-refractivity contribution in [3.63, 3.8) is 0 Å². The molecular formula is C21H22N4O2. The predicted octanol–water partition coefficient (Wildman–Crippen LogP) is 3.49. The Labute approximate surface area is 157 Å². The molecule has 0 spiro atoms. The van der Waals surface area contributed by atoms with Crippen molar-refractivity contribution in [2.24, 2.45) is 5.41 Å². The van der Waals surface area contributed by atoms with Gasteiger partial charge in [0.2, 0.25) is 0 Å². The molecule has 4 rings (SSSR count). The van der Waals surface area contributed by atoms with Gasteiger partial charge in [0, 0.05) is 18.2 Å². The Hall–Kier alpha value is -3.02. The molecule has 1 atom stereocenters. The van der Waals surface area contributed by atoms with E-state index >= 15 is 0 Å². The summed E-state index contributed by atoms with van der Waals surface area (Å²) in [5, 5.41) is 0. The van der Waals surface area contributed by atoms with Gasteiger partial charge in [-0.3, -0.25) is 4.79 Å². The number of benzene rings is 1. The van der Waals surface area contributed by atoms with Gasteiger partial charge in [-0.2, -0.15) is 0 Å². The first kappa shape index (κ1) is 17.4. The summed E-state index contributed by atoms with van der Waals surface area (Å²) < 4.78 is 0. The largest absolute Gasteiger partial charge is 0.344 e. The minimum absolute atomic E-state index is 0.0103. The smallest absolute Gasteiger partial charge is 0.171 e. The number of aromatic nitrogens is 3. The highest BCUT2D eigenvalue weighted by molar-refractivity contribution is 6.08. The van der Waals surface area contributed by atoms with Crippen molar-refractivity contribution in [2.45, 2.75) is 33.2 Å². The van der Waals surface area contributed by atoms with Crippen molar-refractivity contribution in [2.75, 3.05) is 11.4 Å². The number of rotatable bonds is 3. The number of nitrogens with one attached hydrogen (secondary N) is 1. The van der Waals surface area contributed by atoms with Crippen LogP contribution in [0, 0.1) is 5.41 Å². The molecule has 6 heteroatoms. The summed E-state index contributed by atoms with van der Waals surface area (Å²) in [6.45, 7) is 6.33. The fourth-order valence-electron chi connectivity index (χ4n) is 3.60. The number of nitrogens with zero attached hydrogens (tertiary/aromatic N) is 3. The van der Waals surface area contributed by atoms with Gasteiger partial charge in [0.1, 0.15) is 23.7 Å². The zero-order chi connectivity index (χ0) is 19.2. The van der Waals surface area contributed by atoms with Gasteiger partial charge in [0.25, 0.3) is 0 Å². The van der Waals surface area contributed by atoms with Crippen molar-refractivity contribution in [3.05, 3.63) is 53.3 Å². The summed E-state index contributed by atoms with van der Waals surface area (Å²) in [5.74, 6) is 0.618. The second-order valence-electron chi connectivity index (χ2n) is 7.93. The van der Waals surface area contributed by atoms with Gasteiger partial charge in [-0.25, -0.2) is 9.97 Å². The number of hydrogen-bond acceptors (Lipinski definition) is 5. The highest BCUT2D eigenvalue weighted by Gasteiger charge is 2.30. The van der Waals surface area contributed by atoms with Crippen LogP contribution in [0.5, 0.6) is 0 Å². The van der Waals surface area contributed by atoms with E-state index in [9.17, 15) is 9.59 Å². The Kier molecular flexibility index (Phi) is 4.06. The summed E-state index contributed by atoms with van der Waals surface area (Å²) in [5.41, 5.74) is 3.34. The highest BCUT2D eigenvalue weighted by atomic mass is 16.1. The first-order valence-electron chi connectivity index (χ1n) is 9.09. The minimum Gasteiger partial charge on any atom is -0.344 e. The van der Waals surface area contributed by atoms with Crippen LogP contribution in [-0.4, -0.2) is 33.6 Å². The zero-order valence-electron chi connectivity index (χ0n) is 15.7. The molecule has 1 aromatic carbocycles. The second-order valence-corrected chi connectivity index (χ2v) is 7.93. The van der Waals surface area contributed by atoms with Gasteiger partial charge in [0.05, 0.1) is 11.8 Å². The number of carbonyl (C=O) groups is 2. The van der Waals surface area contributed by atoms with E-state index < -0.39 is 11.5 Å². The number of Topliss-reactive ketones (excluding diaryl/α,β-unsaturated/α-hetero) is 1. The van der Waals surface area contributed by atoms with E-state index in [0.717, 1.165) is 18.3 Å². The molecule has 1 aliphatic rings. The van der Waals surface area contributed by atoms with Gasteiger partial charge in [-0.05, 0) is 17.5 Å². The standard InChI is InChI=1S/C21H22N4O2/c1-21(2,3)19(27)15-10-22-20-18(15)24-17(11-23-20)25-9-8-13-6-4-5-7-14(13)16(25)12-26/h4-7,10-12,16H,8-9H2,1-3H3,(H,22,23). The zero-order valence-corrected chi connectivity index (χ0v) is 15.7. The second kappa shape index (κ2) is 6.30. The number of carbonyl (C=O) groups excluding carboxylic acids is 2. The molecule has 0 bridgehead atoms. The van der Waals surface area contributed by atoms with Crippen LogP contribution in [0.1, 0.15) is 48.3 Å². The van der Waals surface area contributed by atoms with Crippen molar-refractivity contribution < 1.29 is 9.59 Å². The molecule has 27 heavy (non-hydrogen) atoms. The average Bonchev–Trinajstić information content (AvgIpc) is 3.08. The number of H-pyrrole nitrogens is 1. The molecule has 3 heterocycles. The van der Waals surface area contributed by atoms with Crippen molar-refractivity contribution in [1.29, 1.82) is 0 Å². The number of anilines is 1. The predicted molar refractivity (Wildman–Crippen MR) is 104 cm³/mol. The summed E-state index contributed by atoms with van der Waals surface area (Å²) in [7, 11) is 0. The Bertz CT molecular complexity index is 1030. The van der Waals surface area contributed by atoms with E-state index in [1.807, 2.05) is 43.9 Å². The van der Waals surface area contributed by atoms with E-state index in [0.29, 0.717) is 29.1 Å². The molecule has 0 amide bonds. The molecule has 0 saturated heterocycles. The normalized spacial score (nSPS) is 17.0. The van der Waals surface area contributed by atoms with Crippen LogP contribution in [-0.2, 0) is 11.2 Å². The summed E-state index contributed by atoms with van der Waals surface area (Å²) in [6, 6.07) is 7.58. The third-order valence-corrected chi connectivity index (χ3v) is 5.05. The number of hydrogen-bond donors (Lipinski definition) is 1. The Morgan fingerprint density at radius 3 is 2.81 bits per heavy atom. The van der Waals surface area contributed by atoms with Crippen LogP contribution < -0.4 is 4.90 Å². The first-order chi connectivity index (χ1) is 12.9. The third-order valence-electron chi connectivity index (χ3n) is 5.05. The van der Waals surface area contributed by atoms with E-state index in [2.05, 4.69) is 16.0 Å². The summed E-state index contributed by atoms with van der Waals surface area (Å²) in [4.78, 5) is 38.8. The van der Waals surface area contributed by atoms with E-state index in [-0.39, 0.29) is 5.78 Å². The SMILES string of the molecule is CC(C)(C)C(=O)c1c[nH]c2ncc(N3CCc4ccccc4C3C=O)nc12. The van der Waals surface area contributed by atoms with Crippen molar-refractivity contribution >= 4 is 29.1 Å². The monoisotopic (exact) mass is 362 g/mol. The fraction of sp³-hybridized carbons (Fsp3) is 0.333. The number of ketones is 1. The maximum atomic E-state index is 12.8. The van der Waals surface area contributed by atoms with E-state index in [1.54, 1.807) is 12.4 Å². The third kappa shape index (κ3) is 2.91. The maximum absolute atomic E-state index is 12.8. The van der Waals surface area contributed by atoms with Crippen molar-refractivity contribution in [1.82, 2.24) is 15.0 Å². The van der Waals surface area contributed by atoms with Crippen LogP contribution in [0.15, 0.2) is 36.7 Å². The lowest BCUT2D eigenvalue weighted by Gasteiger charge is -2.34. The van der Waals surface area contributed by atoms with E-state index in [4.69, 9.17) is 4.98 Å². The van der Waals surface area contributed by atoms with Crippen LogP contribution in [0.3, 0.4) is 0 Å². The Morgan fingerprint density at radius 2 is 2.07 bits per heavy atom. The van der Waals surface area contributed by atoms with Crippen LogP contribution in [0.2, 0.25) is 0 Å². The number of aromatic amines is 1. The van der Waals surface area contributed by atoms with Crippen molar-refractivity contribution in [3.8, 4) is 0 Å². The van der Waals surface area contributed by atoms with E-state index in [1.165, 1.54) is 5.56 Å². The molecule has 6 nitrogen and oxygen atoms in total. The molecule has 0 aliphatic carbocycles.